The minimum atomic E-state index is -0.412. The highest BCUT2D eigenvalue weighted by Gasteiger charge is 2.22. The molecule has 0 spiro atoms. The SMILES string of the molecule is CC[C@H](Nc1nccc2[nH]cnc12)c1nc(CCCCC(=O)NO)c2ccccc2n1.CC[C@H](Nc1nccc2[nH]cnc12)c1nc(NCCCC(=O)NO)c2ccccc2n1.CC[C@H](Nc1nccc2[nH]cnc12)c1nc(NCCCCCC(=O)NO)c2ccccc2n1. The Bertz CT molecular complexity index is 4320. The van der Waals surface area contributed by atoms with Crippen LogP contribution in [-0.2, 0) is 20.8 Å². The molecule has 0 saturated carbocycles. The largest absolute Gasteiger partial charge is 0.369 e. The van der Waals surface area contributed by atoms with E-state index >= 15 is 0 Å². The molecule has 0 aliphatic heterocycles. The summed E-state index contributed by atoms with van der Waals surface area (Å²) in [5, 5.41) is 45.8. The first-order valence-corrected chi connectivity index (χ1v) is 31.8. The summed E-state index contributed by atoms with van der Waals surface area (Å²) >= 11 is 0. The van der Waals surface area contributed by atoms with Gasteiger partial charge in [-0.15, -0.1) is 0 Å². The maximum Gasteiger partial charge on any atom is 0.243 e. The highest BCUT2D eigenvalue weighted by Crippen LogP contribution is 2.31. The van der Waals surface area contributed by atoms with Gasteiger partial charge in [0.1, 0.15) is 28.2 Å². The number of aromatic nitrogens is 15. The summed E-state index contributed by atoms with van der Waals surface area (Å²) in [5.74, 6) is 4.45. The van der Waals surface area contributed by atoms with E-state index in [9.17, 15) is 14.4 Å². The number of hydrogen-bond donors (Lipinski definition) is 14. The van der Waals surface area contributed by atoms with E-state index in [0.717, 1.165) is 135 Å². The number of carbonyl (C=O) groups excluding carboxylic acids is 3. The van der Waals surface area contributed by atoms with Crippen LogP contribution in [0.3, 0.4) is 0 Å². The van der Waals surface area contributed by atoms with Crippen molar-refractivity contribution in [1.29, 1.82) is 0 Å². The first kappa shape index (κ1) is 66.7. The van der Waals surface area contributed by atoms with E-state index < -0.39 is 5.91 Å². The first-order chi connectivity index (χ1) is 46.6. The second-order valence-corrected chi connectivity index (χ2v) is 22.2. The number of aromatic amines is 3. The number of benzene rings is 3. The highest BCUT2D eigenvalue weighted by molar-refractivity contribution is 5.91. The third-order valence-electron chi connectivity index (χ3n) is 15.7. The molecule has 0 aliphatic rings. The molecule has 3 aromatic carbocycles. The van der Waals surface area contributed by atoms with Gasteiger partial charge in [-0.1, -0.05) is 69.7 Å². The van der Waals surface area contributed by atoms with Gasteiger partial charge >= 0.3 is 0 Å². The van der Waals surface area contributed by atoms with E-state index in [1.165, 1.54) is 0 Å². The number of aryl methyl sites for hydroxylation is 1. The fourth-order valence-corrected chi connectivity index (χ4v) is 10.7. The van der Waals surface area contributed by atoms with Crippen LogP contribution in [0.25, 0.3) is 65.8 Å². The number of hydroxylamine groups is 3. The molecule has 9 aromatic heterocycles. The molecule has 0 aliphatic carbocycles. The first-order valence-electron chi connectivity index (χ1n) is 31.8. The Labute approximate surface area is 545 Å². The molecule has 3 atom stereocenters. The average Bonchev–Trinajstić information content (AvgIpc) is 1.31. The number of fused-ring (bicyclic) bond motifs is 6. The smallest absolute Gasteiger partial charge is 0.243 e. The summed E-state index contributed by atoms with van der Waals surface area (Å²) in [4.78, 5) is 98.3. The van der Waals surface area contributed by atoms with Crippen LogP contribution in [0.1, 0.15) is 139 Å². The fraction of sp³-hybridized carbons (Fsp3) is 0.318. The van der Waals surface area contributed by atoms with Crippen LogP contribution >= 0.6 is 0 Å². The molecule has 0 unspecified atom stereocenters. The number of anilines is 5. The van der Waals surface area contributed by atoms with Crippen LogP contribution in [0.2, 0.25) is 0 Å². The Morgan fingerprint density at radius 1 is 0.400 bits per heavy atom. The molecule has 0 saturated heterocycles. The van der Waals surface area contributed by atoms with Crippen LogP contribution in [-0.4, -0.2) is 121 Å². The normalized spacial score (nSPS) is 12.1. The Balaban J connectivity index is 0.000000155. The maximum absolute atomic E-state index is 11.3. The number of pyridine rings is 3. The highest BCUT2D eigenvalue weighted by atomic mass is 16.5. The van der Waals surface area contributed by atoms with Crippen LogP contribution in [0.4, 0.5) is 29.1 Å². The monoisotopic (exact) mass is 1290 g/mol. The van der Waals surface area contributed by atoms with Gasteiger partial charge in [0, 0.05) is 67.1 Å². The Morgan fingerprint density at radius 3 is 1.19 bits per heavy atom. The zero-order chi connectivity index (χ0) is 66.3. The number of unbranched alkanes of at least 4 members (excludes halogenated alkanes) is 3. The van der Waals surface area contributed by atoms with Crippen molar-refractivity contribution >= 4 is 113 Å². The summed E-state index contributed by atoms with van der Waals surface area (Å²) in [6, 6.07) is 28.9. The van der Waals surface area contributed by atoms with Crippen molar-refractivity contribution < 1.29 is 30.0 Å². The quantitative estimate of drug-likeness (QED) is 0.0118. The molecular weight excluding hydrogens is 1210 g/mol. The Kier molecular flexibility index (Phi) is 23.5. The predicted molar refractivity (Wildman–Crippen MR) is 362 cm³/mol. The lowest BCUT2D eigenvalue weighted by molar-refractivity contribution is -0.130. The minimum Gasteiger partial charge on any atom is -0.369 e. The van der Waals surface area contributed by atoms with Crippen molar-refractivity contribution in [3.8, 4) is 0 Å². The summed E-state index contributed by atoms with van der Waals surface area (Å²) in [5.41, 5.74) is 13.6. The number of hydrogen-bond acceptors (Lipinski definition) is 23. The van der Waals surface area contributed by atoms with Gasteiger partial charge in [-0.25, -0.2) is 76.2 Å². The fourth-order valence-electron chi connectivity index (χ4n) is 10.7. The molecule has 14 N–H and O–H groups in total. The summed E-state index contributed by atoms with van der Waals surface area (Å²) < 4.78 is 0. The van der Waals surface area contributed by atoms with Crippen molar-refractivity contribution in [2.75, 3.05) is 39.7 Å². The lowest BCUT2D eigenvalue weighted by atomic mass is 10.1. The molecule has 29 heteroatoms. The van der Waals surface area contributed by atoms with Gasteiger partial charge in [-0.05, 0) is 106 Å². The Hall–Kier alpha value is -11.2. The van der Waals surface area contributed by atoms with Gasteiger partial charge in [0.25, 0.3) is 0 Å². The number of para-hydroxylation sites is 3. The number of H-pyrrole nitrogens is 3. The minimum absolute atomic E-state index is 0.127. The van der Waals surface area contributed by atoms with E-state index in [1.807, 2.05) is 91.0 Å². The van der Waals surface area contributed by atoms with E-state index in [2.05, 4.69) is 92.2 Å². The zero-order valence-corrected chi connectivity index (χ0v) is 52.9. The number of rotatable bonds is 29. The number of carbonyl (C=O) groups is 3. The second kappa shape index (κ2) is 33.4. The van der Waals surface area contributed by atoms with Gasteiger partial charge in [-0.2, -0.15) is 0 Å². The molecule has 12 rings (SSSR count). The molecule has 95 heavy (non-hydrogen) atoms. The molecule has 29 nitrogen and oxygen atoms in total. The number of nitrogens with zero attached hydrogens (tertiary/aromatic N) is 12. The molecular formula is C66H77N23O6. The molecule has 0 radical (unpaired) electrons. The summed E-state index contributed by atoms with van der Waals surface area (Å²) in [6.07, 6.45) is 18.5. The molecule has 0 bridgehead atoms. The topological polar surface area (TPSA) is 410 Å². The van der Waals surface area contributed by atoms with Gasteiger partial charge in [0.15, 0.2) is 34.9 Å². The van der Waals surface area contributed by atoms with Crippen molar-refractivity contribution in [3.63, 3.8) is 0 Å². The van der Waals surface area contributed by atoms with E-state index in [0.29, 0.717) is 66.6 Å². The number of amides is 3. The van der Waals surface area contributed by atoms with Crippen molar-refractivity contribution in [2.24, 2.45) is 0 Å². The van der Waals surface area contributed by atoms with Gasteiger partial charge in [0.2, 0.25) is 17.7 Å². The second-order valence-electron chi connectivity index (χ2n) is 22.2. The van der Waals surface area contributed by atoms with E-state index in [-0.39, 0.29) is 42.8 Å². The Morgan fingerprint density at radius 2 is 0.768 bits per heavy atom. The van der Waals surface area contributed by atoms with Crippen LogP contribution < -0.4 is 43.0 Å². The van der Waals surface area contributed by atoms with Crippen LogP contribution in [0.5, 0.6) is 0 Å². The van der Waals surface area contributed by atoms with E-state index in [1.54, 1.807) is 54.0 Å². The van der Waals surface area contributed by atoms with Crippen LogP contribution in [0.15, 0.2) is 129 Å². The maximum atomic E-state index is 11.3. The molecule has 492 valence electrons. The standard InChI is InChI=1S/C23H28N8O2.C22H25N7O2.C21H24N8O2/c1-2-16(28-23-20-18(11-13-25-23)26-14-27-20)22-29-17-9-6-5-8-15(17)21(30-22)24-12-7-3-4-10-19(32)31-33;1-2-15(26-22-20-18(11-12-23-22)24-13-25-20)21-27-16-8-4-3-7-14(16)17(28-21)9-5-6-10-19(30)29-31;1-2-14(26-21-18-16(9-11-23-21)24-12-25-18)20-27-15-7-4-3-6-13(15)19(28-20)22-10-5-8-17(30)29-31/h5-6,8-9,11,13-14,16,33H,2-4,7,10,12H2,1H3,(H,25,28)(H,26,27)(H,31,32)(H,24,29,30);3-4,7-8,11-13,15,31H,2,5-6,9-10H2,1H3,(H,23,26)(H,24,25)(H,29,30);3-4,6-7,9,11-12,14,31H,2,5,8,10H2,1H3,(H,23,26)(H,24,25)(H,29,30)(H,22,27,28)/t16-;15-;14-/m000/s1. The lowest BCUT2D eigenvalue weighted by Crippen LogP contribution is -2.19. The van der Waals surface area contributed by atoms with E-state index in [4.69, 9.17) is 45.5 Å². The molecule has 9 heterocycles. The van der Waals surface area contributed by atoms with Gasteiger partial charge in [0.05, 0.1) is 75.9 Å². The van der Waals surface area contributed by atoms with Gasteiger partial charge < -0.3 is 41.5 Å². The molecule has 12 aromatic rings. The summed E-state index contributed by atoms with van der Waals surface area (Å²) in [7, 11) is 0. The zero-order valence-electron chi connectivity index (χ0n) is 52.9. The number of nitrogens with one attached hydrogen (secondary N) is 11. The third kappa shape index (κ3) is 17.3. The average molecular weight is 1290 g/mol. The molecule has 0 fully saturated rings. The summed E-state index contributed by atoms with van der Waals surface area (Å²) in [6.45, 7) is 7.47. The molecule has 3 amide bonds. The third-order valence-corrected chi connectivity index (χ3v) is 15.7. The van der Waals surface area contributed by atoms with Crippen molar-refractivity contribution in [1.82, 2.24) is 91.2 Å². The lowest BCUT2D eigenvalue weighted by Gasteiger charge is -2.19. The van der Waals surface area contributed by atoms with Gasteiger partial charge in [-0.3, -0.25) is 30.0 Å². The number of imidazole rings is 3. The van der Waals surface area contributed by atoms with Crippen molar-refractivity contribution in [3.05, 3.63) is 152 Å². The van der Waals surface area contributed by atoms with Crippen molar-refractivity contribution in [2.45, 2.75) is 122 Å². The predicted octanol–water partition coefficient (Wildman–Crippen LogP) is 10.8. The van der Waals surface area contributed by atoms with Crippen LogP contribution in [0, 0.1) is 0 Å².